The van der Waals surface area contributed by atoms with Crippen molar-refractivity contribution in [3.05, 3.63) is 41.4 Å². The second-order valence-corrected chi connectivity index (χ2v) is 6.33. The van der Waals surface area contributed by atoms with Crippen molar-refractivity contribution in [3.8, 4) is 11.3 Å². The van der Waals surface area contributed by atoms with E-state index in [1.165, 1.54) is 0 Å². The molecule has 0 aliphatic carbocycles. The van der Waals surface area contributed by atoms with Gasteiger partial charge in [-0.2, -0.15) is 0 Å². The molecule has 0 bridgehead atoms. The number of halogens is 1. The van der Waals surface area contributed by atoms with Gasteiger partial charge in [-0.25, -0.2) is 4.98 Å². The highest BCUT2D eigenvalue weighted by molar-refractivity contribution is 7.85. The summed E-state index contributed by atoms with van der Waals surface area (Å²) in [5.41, 5.74) is 0.864. The molecule has 102 valence electrons. The Balaban J connectivity index is 2.19. The molecule has 0 amide bonds. The molecule has 0 aliphatic heterocycles. The van der Waals surface area contributed by atoms with Crippen LogP contribution >= 0.6 is 11.6 Å². The maximum absolute atomic E-state index is 11.8. The predicted octanol–water partition coefficient (Wildman–Crippen LogP) is 2.80. The fourth-order valence-corrected chi connectivity index (χ4v) is 2.60. The molecule has 2 aromatic rings. The maximum atomic E-state index is 11.8. The third-order valence-corrected chi connectivity index (χ3v) is 4.51. The highest BCUT2D eigenvalue weighted by Gasteiger charge is 2.19. The number of aliphatic hydroxyl groups is 1. The van der Waals surface area contributed by atoms with Gasteiger partial charge in [0.05, 0.1) is 12.8 Å². The van der Waals surface area contributed by atoms with Crippen molar-refractivity contribution in [2.75, 3.05) is 12.4 Å². The molecular weight excluding hydrogens is 286 g/mol. The molecule has 2 atom stereocenters. The van der Waals surface area contributed by atoms with Crippen LogP contribution in [0.5, 0.6) is 0 Å². The quantitative estimate of drug-likeness (QED) is 0.922. The van der Waals surface area contributed by atoms with E-state index < -0.39 is 10.8 Å². The molecule has 0 unspecified atom stereocenters. The van der Waals surface area contributed by atoms with Gasteiger partial charge in [0.1, 0.15) is 5.25 Å². The molecule has 0 saturated heterocycles. The van der Waals surface area contributed by atoms with E-state index >= 15 is 0 Å². The summed E-state index contributed by atoms with van der Waals surface area (Å²) in [6.45, 7) is 1.66. The van der Waals surface area contributed by atoms with Gasteiger partial charge in [-0.15, -0.1) is 0 Å². The second kappa shape index (κ2) is 6.32. The van der Waals surface area contributed by atoms with Crippen LogP contribution in [0.2, 0.25) is 5.02 Å². The predicted molar refractivity (Wildman–Crippen MR) is 75.5 cm³/mol. The van der Waals surface area contributed by atoms with Crippen LogP contribution < -0.4 is 0 Å². The summed E-state index contributed by atoms with van der Waals surface area (Å²) in [6.07, 6.45) is 1.60. The summed E-state index contributed by atoms with van der Waals surface area (Å²) >= 11 is 5.82. The van der Waals surface area contributed by atoms with Crippen molar-refractivity contribution in [1.82, 2.24) is 4.98 Å². The van der Waals surface area contributed by atoms with E-state index in [1.54, 1.807) is 25.3 Å². The van der Waals surface area contributed by atoms with Crippen LogP contribution in [0.25, 0.3) is 11.3 Å². The molecule has 4 nitrogen and oxygen atoms in total. The van der Waals surface area contributed by atoms with Crippen LogP contribution in [0.4, 0.5) is 0 Å². The zero-order chi connectivity index (χ0) is 13.8. The number of rotatable bonds is 5. The molecule has 6 heteroatoms. The number of aromatic nitrogens is 1. The van der Waals surface area contributed by atoms with Gasteiger partial charge in [-0.05, 0) is 31.2 Å². The Kier molecular flexibility index (Phi) is 4.74. The first kappa shape index (κ1) is 14.2. The molecule has 0 fully saturated rings. The minimum absolute atomic E-state index is 0.109. The van der Waals surface area contributed by atoms with Gasteiger partial charge >= 0.3 is 0 Å². The van der Waals surface area contributed by atoms with Crippen LogP contribution in [-0.2, 0) is 10.8 Å². The first-order valence-electron chi connectivity index (χ1n) is 5.81. The number of aliphatic hydroxyl groups excluding tert-OH is 1. The molecule has 0 aliphatic rings. The number of benzene rings is 1. The Hall–Kier alpha value is -1.17. The molecule has 1 N–H and O–H groups in total. The normalized spacial score (nSPS) is 14.3. The molecule has 2 rings (SSSR count). The summed E-state index contributed by atoms with van der Waals surface area (Å²) in [4.78, 5) is 4.14. The fourth-order valence-electron chi connectivity index (χ4n) is 1.60. The summed E-state index contributed by atoms with van der Waals surface area (Å²) in [5, 5.41) is 9.10. The van der Waals surface area contributed by atoms with Gasteiger partial charge in [0, 0.05) is 27.1 Å². The van der Waals surface area contributed by atoms with Gasteiger partial charge in [-0.1, -0.05) is 11.6 Å². The molecule has 0 spiro atoms. The minimum atomic E-state index is -1.19. The largest absolute Gasteiger partial charge is 0.439 e. The number of oxazole rings is 1. The zero-order valence-electron chi connectivity index (χ0n) is 10.4. The van der Waals surface area contributed by atoms with Crippen molar-refractivity contribution in [3.63, 3.8) is 0 Å². The van der Waals surface area contributed by atoms with Gasteiger partial charge < -0.3 is 9.52 Å². The third-order valence-electron chi connectivity index (χ3n) is 2.69. The maximum Gasteiger partial charge on any atom is 0.210 e. The molecule has 1 aromatic heterocycles. The SMILES string of the molecule is C[C@@H](c1ncc(-c2ccc(Cl)cc2)o1)[S@@](=O)CCO. The molecule has 1 aromatic carbocycles. The van der Waals surface area contributed by atoms with Gasteiger partial charge in [0.25, 0.3) is 0 Å². The highest BCUT2D eigenvalue weighted by Crippen LogP contribution is 2.26. The van der Waals surface area contributed by atoms with Crippen molar-refractivity contribution in [2.45, 2.75) is 12.2 Å². The van der Waals surface area contributed by atoms with Crippen molar-refractivity contribution in [1.29, 1.82) is 0 Å². The monoisotopic (exact) mass is 299 g/mol. The van der Waals surface area contributed by atoms with E-state index in [9.17, 15) is 4.21 Å². The van der Waals surface area contributed by atoms with Crippen LogP contribution in [0.1, 0.15) is 18.1 Å². The molecule has 1 heterocycles. The Morgan fingerprint density at radius 3 is 2.74 bits per heavy atom. The van der Waals surface area contributed by atoms with Gasteiger partial charge in [0.15, 0.2) is 5.76 Å². The van der Waals surface area contributed by atoms with E-state index in [0.29, 0.717) is 16.7 Å². The van der Waals surface area contributed by atoms with Crippen LogP contribution in [0.3, 0.4) is 0 Å². The van der Waals surface area contributed by atoms with Crippen LogP contribution in [0.15, 0.2) is 34.9 Å². The lowest BCUT2D eigenvalue weighted by molar-refractivity contribution is 0.321. The van der Waals surface area contributed by atoms with Crippen molar-refractivity contribution < 1.29 is 13.7 Å². The first-order chi connectivity index (χ1) is 9.11. The molecule has 0 saturated carbocycles. The highest BCUT2D eigenvalue weighted by atomic mass is 35.5. The Morgan fingerprint density at radius 1 is 1.42 bits per heavy atom. The van der Waals surface area contributed by atoms with E-state index in [0.717, 1.165) is 5.56 Å². The smallest absolute Gasteiger partial charge is 0.210 e. The number of hydrogen-bond acceptors (Lipinski definition) is 4. The first-order valence-corrected chi connectivity index (χ1v) is 7.57. The second-order valence-electron chi connectivity index (χ2n) is 4.02. The van der Waals surface area contributed by atoms with Crippen LogP contribution in [-0.4, -0.2) is 26.7 Å². The van der Waals surface area contributed by atoms with E-state index in [-0.39, 0.29) is 17.6 Å². The average Bonchev–Trinajstić information content (AvgIpc) is 2.88. The van der Waals surface area contributed by atoms with Crippen LogP contribution in [0, 0.1) is 0 Å². The standard InChI is InChI=1S/C13H14ClNO3S/c1-9(19(17)7-6-16)13-15-8-12(18-13)10-2-4-11(14)5-3-10/h2-5,8-9,16H,6-7H2,1H3/t9-,19-/m0/s1. The number of nitrogens with zero attached hydrogens (tertiary/aromatic N) is 1. The van der Waals surface area contributed by atoms with Crippen molar-refractivity contribution >= 4 is 22.4 Å². The summed E-state index contributed by atoms with van der Waals surface area (Å²) in [5.74, 6) is 1.25. The molecule has 0 radical (unpaired) electrons. The zero-order valence-corrected chi connectivity index (χ0v) is 11.9. The fraction of sp³-hybridized carbons (Fsp3) is 0.308. The molecular formula is C13H14ClNO3S. The summed E-state index contributed by atoms with van der Waals surface area (Å²) in [7, 11) is -1.19. The summed E-state index contributed by atoms with van der Waals surface area (Å²) < 4.78 is 17.4. The molecule has 19 heavy (non-hydrogen) atoms. The topological polar surface area (TPSA) is 63.3 Å². The lowest BCUT2D eigenvalue weighted by Crippen LogP contribution is -2.09. The van der Waals surface area contributed by atoms with Gasteiger partial charge in [-0.3, -0.25) is 4.21 Å². The summed E-state index contributed by atoms with van der Waals surface area (Å²) in [6, 6.07) is 7.21. The van der Waals surface area contributed by atoms with E-state index in [1.807, 2.05) is 12.1 Å². The Labute approximate surface area is 118 Å². The average molecular weight is 300 g/mol. The van der Waals surface area contributed by atoms with E-state index in [2.05, 4.69) is 4.98 Å². The minimum Gasteiger partial charge on any atom is -0.439 e. The lowest BCUT2D eigenvalue weighted by Gasteiger charge is -2.05. The third kappa shape index (κ3) is 3.43. The van der Waals surface area contributed by atoms with E-state index in [4.69, 9.17) is 21.1 Å². The number of hydrogen-bond donors (Lipinski definition) is 1. The Bertz CT molecular complexity index is 568. The Morgan fingerprint density at radius 2 is 2.11 bits per heavy atom. The van der Waals surface area contributed by atoms with Crippen molar-refractivity contribution in [2.24, 2.45) is 0 Å². The lowest BCUT2D eigenvalue weighted by atomic mass is 10.2. The van der Waals surface area contributed by atoms with Gasteiger partial charge in [0.2, 0.25) is 5.89 Å².